The van der Waals surface area contributed by atoms with E-state index in [1.165, 1.54) is 25.1 Å². The minimum Gasteiger partial charge on any atom is -0.348 e. The van der Waals surface area contributed by atoms with Crippen molar-refractivity contribution >= 4 is 29.3 Å². The van der Waals surface area contributed by atoms with E-state index in [9.17, 15) is 18.8 Å². The molecule has 7 nitrogen and oxygen atoms in total. The molecule has 184 valence electrons. The molecule has 0 bridgehead atoms. The van der Waals surface area contributed by atoms with Gasteiger partial charge in [-0.2, -0.15) is 0 Å². The van der Waals surface area contributed by atoms with E-state index in [-0.39, 0.29) is 40.9 Å². The number of nitrogens with one attached hydrogen (secondary N) is 2. The van der Waals surface area contributed by atoms with Crippen molar-refractivity contribution in [2.24, 2.45) is 5.92 Å². The van der Waals surface area contributed by atoms with Crippen molar-refractivity contribution in [3.05, 3.63) is 82.3 Å². The average molecular weight is 499 g/mol. The van der Waals surface area contributed by atoms with Crippen LogP contribution >= 0.6 is 11.6 Å². The molecule has 1 saturated heterocycles. The quantitative estimate of drug-likeness (QED) is 0.586. The molecule has 35 heavy (non-hydrogen) atoms. The van der Waals surface area contributed by atoms with Crippen molar-refractivity contribution < 1.29 is 18.8 Å². The van der Waals surface area contributed by atoms with Crippen molar-refractivity contribution in [1.82, 2.24) is 20.4 Å². The first-order chi connectivity index (χ1) is 16.8. The number of halogens is 2. The number of benzene rings is 2. The molecule has 2 aromatic rings. The van der Waals surface area contributed by atoms with Gasteiger partial charge in [0.1, 0.15) is 5.82 Å². The number of hydrogen-bond donors (Lipinski definition) is 2. The summed E-state index contributed by atoms with van der Waals surface area (Å²) in [6.07, 6.45) is 2.52. The van der Waals surface area contributed by atoms with Gasteiger partial charge in [0.05, 0.1) is 23.2 Å². The highest BCUT2D eigenvalue weighted by Crippen LogP contribution is 2.32. The van der Waals surface area contributed by atoms with E-state index in [1.807, 2.05) is 36.5 Å². The Morgan fingerprint density at radius 3 is 2.57 bits per heavy atom. The molecule has 2 aliphatic heterocycles. The smallest absolute Gasteiger partial charge is 0.262 e. The van der Waals surface area contributed by atoms with Crippen LogP contribution in [0.1, 0.15) is 35.3 Å². The summed E-state index contributed by atoms with van der Waals surface area (Å²) in [5.74, 6) is -1.34. The molecule has 9 heteroatoms. The Balaban J connectivity index is 1.36. The highest BCUT2D eigenvalue weighted by atomic mass is 35.5. The highest BCUT2D eigenvalue weighted by molar-refractivity contribution is 6.33. The minimum atomic E-state index is -0.618. The summed E-state index contributed by atoms with van der Waals surface area (Å²) in [5, 5.41) is 5.65. The van der Waals surface area contributed by atoms with Crippen LogP contribution in [0.3, 0.4) is 0 Å². The SMILES string of the molecule is CC(=O)NCC(=O)N[C@@H](CCN1CC2=CN(C(=O)c3c(F)cccc3Cl)CC2C1)c1ccccc1. The van der Waals surface area contributed by atoms with Crippen LogP contribution in [-0.4, -0.2) is 60.2 Å². The van der Waals surface area contributed by atoms with Crippen molar-refractivity contribution in [2.75, 3.05) is 32.7 Å². The monoisotopic (exact) mass is 498 g/mol. The lowest BCUT2D eigenvalue weighted by atomic mass is 10.0. The van der Waals surface area contributed by atoms with Crippen LogP contribution in [0.5, 0.6) is 0 Å². The summed E-state index contributed by atoms with van der Waals surface area (Å²) in [4.78, 5) is 40.2. The van der Waals surface area contributed by atoms with Gasteiger partial charge >= 0.3 is 0 Å². The van der Waals surface area contributed by atoms with Gasteiger partial charge in [0.25, 0.3) is 5.91 Å². The fraction of sp³-hybridized carbons (Fsp3) is 0.346. The van der Waals surface area contributed by atoms with Crippen molar-refractivity contribution in [1.29, 1.82) is 0 Å². The molecule has 1 unspecified atom stereocenters. The number of fused-ring (bicyclic) bond motifs is 1. The molecule has 1 fully saturated rings. The molecule has 0 aromatic heterocycles. The molecule has 2 aliphatic rings. The summed E-state index contributed by atoms with van der Waals surface area (Å²) >= 11 is 6.07. The Morgan fingerprint density at radius 2 is 1.89 bits per heavy atom. The summed E-state index contributed by atoms with van der Waals surface area (Å²) in [7, 11) is 0. The molecule has 2 aromatic carbocycles. The molecule has 0 spiro atoms. The summed E-state index contributed by atoms with van der Waals surface area (Å²) in [6.45, 7) is 4.04. The van der Waals surface area contributed by atoms with Gasteiger partial charge in [0, 0.05) is 45.2 Å². The Hall–Kier alpha value is -3.23. The van der Waals surface area contributed by atoms with E-state index in [0.717, 1.165) is 24.2 Å². The van der Waals surface area contributed by atoms with Gasteiger partial charge < -0.3 is 15.5 Å². The number of rotatable bonds is 8. The predicted molar refractivity (Wildman–Crippen MR) is 131 cm³/mol. The lowest BCUT2D eigenvalue weighted by Crippen LogP contribution is -2.39. The van der Waals surface area contributed by atoms with Gasteiger partial charge in [-0.15, -0.1) is 0 Å². The summed E-state index contributed by atoms with van der Waals surface area (Å²) < 4.78 is 14.2. The van der Waals surface area contributed by atoms with Crippen LogP contribution in [0.2, 0.25) is 5.02 Å². The maximum absolute atomic E-state index is 14.2. The second kappa shape index (κ2) is 11.0. The molecular weight excluding hydrogens is 471 g/mol. The number of likely N-dealkylation sites (tertiary alicyclic amines) is 1. The molecule has 2 N–H and O–H groups in total. The lowest BCUT2D eigenvalue weighted by molar-refractivity contribution is -0.125. The van der Waals surface area contributed by atoms with Crippen LogP contribution in [0, 0.1) is 11.7 Å². The third-order valence-corrected chi connectivity index (χ3v) is 6.67. The second-order valence-corrected chi connectivity index (χ2v) is 9.33. The zero-order valence-electron chi connectivity index (χ0n) is 19.5. The Labute approximate surface area is 208 Å². The van der Waals surface area contributed by atoms with Crippen LogP contribution in [0.15, 0.2) is 60.3 Å². The molecule has 4 rings (SSSR count). The normalized spacial score (nSPS) is 18.1. The summed E-state index contributed by atoms with van der Waals surface area (Å²) in [5.41, 5.74) is 2.04. The van der Waals surface area contributed by atoms with Crippen molar-refractivity contribution in [2.45, 2.75) is 19.4 Å². The number of carbonyl (C=O) groups is 3. The number of amides is 3. The van der Waals surface area contributed by atoms with Crippen molar-refractivity contribution in [3.63, 3.8) is 0 Å². The zero-order chi connectivity index (χ0) is 24.9. The number of hydrogen-bond acceptors (Lipinski definition) is 4. The zero-order valence-corrected chi connectivity index (χ0v) is 20.2. The first-order valence-corrected chi connectivity index (χ1v) is 12.0. The van der Waals surface area contributed by atoms with Crippen molar-refractivity contribution in [3.8, 4) is 0 Å². The molecule has 3 amide bonds. The third kappa shape index (κ3) is 6.07. The van der Waals surface area contributed by atoms with E-state index in [2.05, 4.69) is 15.5 Å². The topological polar surface area (TPSA) is 81.8 Å². The average Bonchev–Trinajstić information content (AvgIpc) is 3.40. The number of nitrogens with zero attached hydrogens (tertiary/aromatic N) is 2. The van der Waals surface area contributed by atoms with Gasteiger partial charge in [-0.3, -0.25) is 19.3 Å². The Bertz CT molecular complexity index is 1120. The molecule has 0 saturated carbocycles. The maximum atomic E-state index is 14.2. The Morgan fingerprint density at radius 1 is 1.11 bits per heavy atom. The molecular formula is C26H28ClFN4O3. The lowest BCUT2D eigenvalue weighted by Gasteiger charge is -2.24. The highest BCUT2D eigenvalue weighted by Gasteiger charge is 2.36. The van der Waals surface area contributed by atoms with Gasteiger partial charge in [-0.25, -0.2) is 4.39 Å². The maximum Gasteiger partial charge on any atom is 0.262 e. The standard InChI is InChI=1S/C26H28ClFN4O3/c1-17(33)29-12-24(34)30-23(18-6-3-2-4-7-18)10-11-31-13-19-15-32(16-20(19)14-31)26(35)25-21(27)8-5-9-22(25)28/h2-9,15,20,23H,10-14,16H2,1H3,(H,29,33)(H,30,34)/t20?,23-/m0/s1. The van der Waals surface area contributed by atoms with Crippen LogP contribution in [0.4, 0.5) is 4.39 Å². The largest absolute Gasteiger partial charge is 0.348 e. The molecule has 2 heterocycles. The van der Waals surface area contributed by atoms with E-state index >= 15 is 0 Å². The fourth-order valence-corrected chi connectivity index (χ4v) is 4.86. The van der Waals surface area contributed by atoms with Crippen LogP contribution < -0.4 is 10.6 Å². The molecule has 0 radical (unpaired) electrons. The van der Waals surface area contributed by atoms with Gasteiger partial charge in [-0.05, 0) is 29.7 Å². The summed E-state index contributed by atoms with van der Waals surface area (Å²) in [6, 6.07) is 13.8. The third-order valence-electron chi connectivity index (χ3n) is 6.35. The van der Waals surface area contributed by atoms with E-state index in [4.69, 9.17) is 11.6 Å². The van der Waals surface area contributed by atoms with Crippen LogP contribution in [0.25, 0.3) is 0 Å². The van der Waals surface area contributed by atoms with Gasteiger partial charge in [0.2, 0.25) is 11.8 Å². The second-order valence-electron chi connectivity index (χ2n) is 8.92. The number of carbonyl (C=O) groups excluding carboxylic acids is 3. The van der Waals surface area contributed by atoms with Gasteiger partial charge in [-0.1, -0.05) is 48.0 Å². The first-order valence-electron chi connectivity index (χ1n) is 11.6. The fourth-order valence-electron chi connectivity index (χ4n) is 4.62. The molecule has 2 atom stereocenters. The Kier molecular flexibility index (Phi) is 7.83. The van der Waals surface area contributed by atoms with Gasteiger partial charge in [0.15, 0.2) is 0 Å². The van der Waals surface area contributed by atoms with E-state index in [1.54, 1.807) is 4.90 Å². The first kappa shape index (κ1) is 24.9. The molecule has 0 aliphatic carbocycles. The van der Waals surface area contributed by atoms with E-state index < -0.39 is 11.7 Å². The van der Waals surface area contributed by atoms with Crippen LogP contribution in [-0.2, 0) is 9.59 Å². The minimum absolute atomic E-state index is 0.0623. The van der Waals surface area contributed by atoms with E-state index in [0.29, 0.717) is 19.5 Å². The predicted octanol–water partition coefficient (Wildman–Crippen LogP) is 3.13.